The number of nitrogens with zero attached hydrogens (tertiary/aromatic N) is 1. The molecule has 3 N–H and O–H groups in total. The molecule has 0 aliphatic carbocycles. The summed E-state index contributed by atoms with van der Waals surface area (Å²) in [5.41, 5.74) is 7.03. The molecule has 32 heavy (non-hydrogen) atoms. The number of anilines is 1. The fraction of sp³-hybridized carbons (Fsp3) is 0.174. The van der Waals surface area contributed by atoms with E-state index in [0.29, 0.717) is 0 Å². The highest BCUT2D eigenvalue weighted by molar-refractivity contribution is 7.99. The highest BCUT2D eigenvalue weighted by atomic mass is 35.5. The van der Waals surface area contributed by atoms with Crippen LogP contribution in [-0.4, -0.2) is 17.0 Å². The molecule has 5 nitrogen and oxygen atoms in total. The van der Waals surface area contributed by atoms with Crippen molar-refractivity contribution in [2.45, 2.75) is 25.2 Å². The minimum absolute atomic E-state index is 0.0780. The number of rotatable bonds is 7. The van der Waals surface area contributed by atoms with Crippen LogP contribution in [0, 0.1) is 25.5 Å². The number of nitrogens with two attached hydrogens (primary N) is 1. The van der Waals surface area contributed by atoms with Crippen LogP contribution in [0.25, 0.3) is 0 Å². The van der Waals surface area contributed by atoms with Crippen molar-refractivity contribution in [3.63, 3.8) is 0 Å². The molecule has 0 aromatic heterocycles. The van der Waals surface area contributed by atoms with Gasteiger partial charge in [-0.2, -0.15) is 8.86 Å². The zero-order valence-corrected chi connectivity index (χ0v) is 19.0. The summed E-state index contributed by atoms with van der Waals surface area (Å²) in [6, 6.07) is 12.7. The SMILES string of the molecule is Cc1cc(C)cc([S+](=O)(O)N(CC(N)=O)c2ccc(Cl)cc2Cc2c(F)cccc2F)c1. The molecule has 3 rings (SSSR count). The van der Waals surface area contributed by atoms with Crippen molar-refractivity contribution in [2.75, 3.05) is 10.8 Å². The van der Waals surface area contributed by atoms with Crippen LogP contribution in [0.2, 0.25) is 5.02 Å². The van der Waals surface area contributed by atoms with E-state index in [9.17, 15) is 22.3 Å². The second-order valence-corrected chi connectivity index (χ2v) is 9.81. The largest absolute Gasteiger partial charge is 0.368 e. The molecule has 3 aromatic rings. The Bertz CT molecular complexity index is 1200. The number of halogens is 3. The fourth-order valence-electron chi connectivity index (χ4n) is 3.49. The molecule has 0 aliphatic heterocycles. The highest BCUT2D eigenvalue weighted by Crippen LogP contribution is 2.34. The molecule has 0 saturated heterocycles. The molecule has 0 heterocycles. The van der Waals surface area contributed by atoms with Gasteiger partial charge in [-0.3, -0.25) is 4.79 Å². The first-order chi connectivity index (χ1) is 15.0. The maximum absolute atomic E-state index is 14.3. The van der Waals surface area contributed by atoms with Gasteiger partial charge in [0.25, 0.3) is 0 Å². The van der Waals surface area contributed by atoms with Crippen LogP contribution in [0.3, 0.4) is 0 Å². The molecule has 1 unspecified atom stereocenters. The Balaban J connectivity index is 2.18. The molecule has 0 aliphatic rings. The topological polar surface area (TPSA) is 83.6 Å². The van der Waals surface area contributed by atoms with Crippen LogP contribution >= 0.6 is 11.6 Å². The van der Waals surface area contributed by atoms with Crippen molar-refractivity contribution in [1.82, 2.24) is 0 Å². The summed E-state index contributed by atoms with van der Waals surface area (Å²) in [6.07, 6.45) is -0.258. The number of primary amides is 1. The van der Waals surface area contributed by atoms with Crippen LogP contribution in [0.4, 0.5) is 14.5 Å². The molecule has 0 saturated carbocycles. The quantitative estimate of drug-likeness (QED) is 0.464. The Kier molecular flexibility index (Phi) is 6.97. The lowest BCUT2D eigenvalue weighted by molar-refractivity contribution is -0.116. The third-order valence-electron chi connectivity index (χ3n) is 4.84. The van der Waals surface area contributed by atoms with Gasteiger partial charge in [-0.1, -0.05) is 23.7 Å². The van der Waals surface area contributed by atoms with E-state index in [1.165, 1.54) is 36.4 Å². The predicted octanol–water partition coefficient (Wildman–Crippen LogP) is 5.06. The smallest absolute Gasteiger partial charge is 0.349 e. The number of hydrogen-bond acceptors (Lipinski definition) is 2. The summed E-state index contributed by atoms with van der Waals surface area (Å²) in [4.78, 5) is 11.9. The van der Waals surface area contributed by atoms with Crippen molar-refractivity contribution in [3.05, 3.63) is 93.5 Å². The summed E-state index contributed by atoms with van der Waals surface area (Å²) in [7, 11) is -3.99. The van der Waals surface area contributed by atoms with E-state index in [1.807, 2.05) is 6.07 Å². The first-order valence-electron chi connectivity index (χ1n) is 9.61. The van der Waals surface area contributed by atoms with E-state index in [-0.39, 0.29) is 33.2 Å². The second-order valence-electron chi connectivity index (χ2n) is 7.47. The van der Waals surface area contributed by atoms with E-state index in [0.717, 1.165) is 27.6 Å². The molecule has 9 heteroatoms. The molecule has 3 aromatic carbocycles. The summed E-state index contributed by atoms with van der Waals surface area (Å²) in [5.74, 6) is -2.39. The van der Waals surface area contributed by atoms with Crippen LogP contribution in [0.1, 0.15) is 22.3 Å². The lowest BCUT2D eigenvalue weighted by atomic mass is 10.0. The molecule has 0 bridgehead atoms. The maximum atomic E-state index is 14.3. The molecular formula is C23H22ClF2N2O3S+. The Labute approximate surface area is 191 Å². The maximum Gasteiger partial charge on any atom is 0.349 e. The van der Waals surface area contributed by atoms with E-state index in [2.05, 4.69) is 0 Å². The van der Waals surface area contributed by atoms with Gasteiger partial charge < -0.3 is 5.73 Å². The standard InChI is InChI=1S/C23H21ClF2N2O3S/c1-14-8-15(2)10-18(9-14)32(30,31)28(13-23(27)29)22-7-6-17(24)11-16(22)12-19-20(25)4-3-5-21(19)26/h3-11H,12-13H2,1-2H3,(H2-,27,29,30,31)/p+1. The van der Waals surface area contributed by atoms with Gasteiger partial charge >= 0.3 is 10.4 Å². The predicted molar refractivity (Wildman–Crippen MR) is 122 cm³/mol. The third kappa shape index (κ3) is 5.15. The minimum atomic E-state index is -3.99. The minimum Gasteiger partial charge on any atom is -0.368 e. The Morgan fingerprint density at radius 1 is 1.06 bits per heavy atom. The molecule has 0 fully saturated rings. The van der Waals surface area contributed by atoms with Gasteiger partial charge in [0.15, 0.2) is 0 Å². The Morgan fingerprint density at radius 3 is 2.22 bits per heavy atom. The van der Waals surface area contributed by atoms with E-state index < -0.39 is 34.5 Å². The fourth-order valence-corrected chi connectivity index (χ4v) is 5.37. The van der Waals surface area contributed by atoms with Crippen LogP contribution < -0.4 is 10.0 Å². The summed E-state index contributed by atoms with van der Waals surface area (Å²) in [6.45, 7) is 2.95. The number of carbonyl (C=O) groups is 1. The molecular weight excluding hydrogens is 458 g/mol. The number of amides is 1. The van der Waals surface area contributed by atoms with Crippen molar-refractivity contribution in [3.8, 4) is 0 Å². The summed E-state index contributed by atoms with van der Waals surface area (Å²) >= 11 is 6.11. The average molecular weight is 480 g/mol. The zero-order valence-electron chi connectivity index (χ0n) is 17.4. The number of aryl methyl sites for hydroxylation is 2. The number of benzene rings is 3. The van der Waals surface area contributed by atoms with Crippen molar-refractivity contribution < 1.29 is 22.3 Å². The van der Waals surface area contributed by atoms with Gasteiger partial charge in [0, 0.05) is 29.1 Å². The van der Waals surface area contributed by atoms with E-state index >= 15 is 0 Å². The van der Waals surface area contributed by atoms with Crippen molar-refractivity contribution in [1.29, 1.82) is 0 Å². The molecule has 168 valence electrons. The monoisotopic (exact) mass is 479 g/mol. The normalized spacial score (nSPS) is 12.9. The lowest BCUT2D eigenvalue weighted by Gasteiger charge is -2.24. The summed E-state index contributed by atoms with van der Waals surface area (Å²) in [5, 5.41) is 0.260. The molecule has 1 atom stereocenters. The van der Waals surface area contributed by atoms with Crippen molar-refractivity contribution in [2.24, 2.45) is 5.73 Å². The molecule has 1 amide bonds. The van der Waals surface area contributed by atoms with Gasteiger partial charge in [0.1, 0.15) is 18.2 Å². The van der Waals surface area contributed by atoms with Crippen LogP contribution in [0.5, 0.6) is 0 Å². The number of hydrogen-bond donors (Lipinski definition) is 2. The van der Waals surface area contributed by atoms with Gasteiger partial charge in [-0.05, 0) is 65.1 Å². The Hall–Kier alpha value is -2.81. The lowest BCUT2D eigenvalue weighted by Crippen LogP contribution is -2.42. The van der Waals surface area contributed by atoms with E-state index in [1.54, 1.807) is 13.8 Å². The third-order valence-corrected chi connectivity index (χ3v) is 6.85. The first-order valence-corrected chi connectivity index (χ1v) is 11.5. The van der Waals surface area contributed by atoms with Gasteiger partial charge in [0.05, 0.1) is 5.69 Å². The second kappa shape index (κ2) is 9.36. The average Bonchev–Trinajstić information content (AvgIpc) is 2.68. The van der Waals surface area contributed by atoms with Crippen LogP contribution in [0.15, 0.2) is 59.5 Å². The highest BCUT2D eigenvalue weighted by Gasteiger charge is 2.41. The zero-order chi connectivity index (χ0) is 23.6. The molecule has 0 radical (unpaired) electrons. The van der Waals surface area contributed by atoms with Crippen LogP contribution in [-0.2, 0) is 25.8 Å². The first kappa shape index (κ1) is 23.8. The van der Waals surface area contributed by atoms with Gasteiger partial charge in [-0.25, -0.2) is 8.78 Å². The van der Waals surface area contributed by atoms with Gasteiger partial charge in [-0.15, -0.1) is 0 Å². The summed E-state index contributed by atoms with van der Waals surface area (Å²) < 4.78 is 54.3. The Morgan fingerprint density at radius 2 is 1.66 bits per heavy atom. The van der Waals surface area contributed by atoms with Crippen molar-refractivity contribution >= 4 is 33.6 Å². The van der Waals surface area contributed by atoms with Gasteiger partial charge in [0.2, 0.25) is 10.8 Å². The molecule has 0 spiro atoms. The number of carbonyl (C=O) groups excluding carboxylic acids is 1. The van der Waals surface area contributed by atoms with E-state index in [4.69, 9.17) is 17.3 Å².